The van der Waals surface area contributed by atoms with Crippen molar-refractivity contribution in [2.75, 3.05) is 12.4 Å². The summed E-state index contributed by atoms with van der Waals surface area (Å²) < 4.78 is 5.20. The number of methoxy groups -OCH3 is 1. The van der Waals surface area contributed by atoms with Crippen LogP contribution in [0.5, 0.6) is 5.75 Å². The van der Waals surface area contributed by atoms with Crippen LogP contribution < -0.4 is 15.4 Å². The zero-order valence-corrected chi connectivity index (χ0v) is 14.9. The fourth-order valence-electron chi connectivity index (χ4n) is 2.82. The molecule has 0 aliphatic heterocycles. The molecule has 1 aliphatic carbocycles. The molecule has 0 spiro atoms. The number of hydrogen-bond acceptors (Lipinski definition) is 4. The predicted molar refractivity (Wildman–Crippen MR) is 103 cm³/mol. The second-order valence-corrected chi connectivity index (χ2v) is 6.50. The summed E-state index contributed by atoms with van der Waals surface area (Å²) >= 11 is 0. The molecule has 0 radical (unpaired) electrons. The Kier molecular flexibility index (Phi) is 4.46. The van der Waals surface area contributed by atoms with Crippen LogP contribution in [0, 0.1) is 0 Å². The van der Waals surface area contributed by atoms with E-state index >= 15 is 0 Å². The van der Waals surface area contributed by atoms with E-state index in [2.05, 4.69) is 15.6 Å². The maximum absolute atomic E-state index is 12.7. The number of ether oxygens (including phenoxy) is 1. The van der Waals surface area contributed by atoms with Gasteiger partial charge in [-0.25, -0.2) is 4.98 Å². The molecule has 27 heavy (non-hydrogen) atoms. The van der Waals surface area contributed by atoms with Crippen molar-refractivity contribution >= 4 is 28.4 Å². The minimum absolute atomic E-state index is 0.174. The molecule has 0 unspecified atom stereocenters. The molecule has 2 aromatic carbocycles. The third-order valence-corrected chi connectivity index (χ3v) is 4.46. The van der Waals surface area contributed by atoms with Crippen molar-refractivity contribution in [1.29, 1.82) is 0 Å². The van der Waals surface area contributed by atoms with Gasteiger partial charge in [0.05, 0.1) is 23.9 Å². The van der Waals surface area contributed by atoms with Gasteiger partial charge in [-0.2, -0.15) is 0 Å². The summed E-state index contributed by atoms with van der Waals surface area (Å²) in [4.78, 5) is 29.5. The van der Waals surface area contributed by atoms with Crippen molar-refractivity contribution < 1.29 is 14.3 Å². The molecule has 4 rings (SSSR count). The lowest BCUT2D eigenvalue weighted by atomic mass is 10.1. The van der Waals surface area contributed by atoms with E-state index in [1.807, 2.05) is 18.2 Å². The van der Waals surface area contributed by atoms with E-state index < -0.39 is 0 Å². The van der Waals surface area contributed by atoms with E-state index in [-0.39, 0.29) is 23.6 Å². The maximum atomic E-state index is 12.7. The van der Waals surface area contributed by atoms with E-state index in [1.54, 1.807) is 43.5 Å². The summed E-state index contributed by atoms with van der Waals surface area (Å²) in [5.74, 6) is 0.198. The van der Waals surface area contributed by atoms with Gasteiger partial charge in [0, 0.05) is 11.4 Å². The van der Waals surface area contributed by atoms with Crippen molar-refractivity contribution in [3.8, 4) is 5.75 Å². The molecule has 2 amide bonds. The highest BCUT2D eigenvalue weighted by Crippen LogP contribution is 2.23. The van der Waals surface area contributed by atoms with Crippen LogP contribution in [0.25, 0.3) is 10.9 Å². The Labute approximate surface area is 156 Å². The first-order valence-electron chi connectivity index (χ1n) is 8.80. The van der Waals surface area contributed by atoms with Crippen molar-refractivity contribution in [3.63, 3.8) is 0 Å². The van der Waals surface area contributed by atoms with Gasteiger partial charge < -0.3 is 15.4 Å². The van der Waals surface area contributed by atoms with Gasteiger partial charge in [0.2, 0.25) is 0 Å². The lowest BCUT2D eigenvalue weighted by molar-refractivity contribution is 0.0952. The average Bonchev–Trinajstić information content (AvgIpc) is 3.51. The number of carbonyl (C=O) groups is 2. The van der Waals surface area contributed by atoms with Gasteiger partial charge in [0.1, 0.15) is 11.4 Å². The first-order valence-corrected chi connectivity index (χ1v) is 8.80. The molecule has 1 fully saturated rings. The average molecular weight is 361 g/mol. The Morgan fingerprint density at radius 2 is 1.85 bits per heavy atom. The monoisotopic (exact) mass is 361 g/mol. The molecule has 2 N–H and O–H groups in total. The number of hydrogen-bond donors (Lipinski definition) is 2. The predicted octanol–water partition coefficient (Wildman–Crippen LogP) is 3.39. The topological polar surface area (TPSA) is 80.3 Å². The fourth-order valence-corrected chi connectivity index (χ4v) is 2.82. The molecule has 1 aromatic heterocycles. The molecule has 0 atom stereocenters. The van der Waals surface area contributed by atoms with Gasteiger partial charge >= 0.3 is 0 Å². The quantitative estimate of drug-likeness (QED) is 0.730. The number of anilines is 1. The Hall–Kier alpha value is -3.41. The number of nitrogens with zero attached hydrogens (tertiary/aromatic N) is 1. The number of aromatic nitrogens is 1. The van der Waals surface area contributed by atoms with E-state index in [4.69, 9.17) is 4.74 Å². The SMILES string of the molecule is COc1ccc2nc(C(=O)Nc3ccccc3C(=O)NC3CC3)ccc2c1. The van der Waals surface area contributed by atoms with Crippen LogP contribution in [0.15, 0.2) is 54.6 Å². The second kappa shape index (κ2) is 7.07. The van der Waals surface area contributed by atoms with Gasteiger partial charge in [-0.15, -0.1) is 0 Å². The normalized spacial score (nSPS) is 13.2. The summed E-state index contributed by atoms with van der Waals surface area (Å²) in [6.45, 7) is 0. The fraction of sp³-hybridized carbons (Fsp3) is 0.190. The third kappa shape index (κ3) is 3.74. The minimum atomic E-state index is -0.362. The van der Waals surface area contributed by atoms with E-state index in [0.29, 0.717) is 16.8 Å². The molecule has 6 heteroatoms. The molecule has 1 saturated carbocycles. The van der Waals surface area contributed by atoms with E-state index in [0.717, 1.165) is 24.0 Å². The highest BCUT2D eigenvalue weighted by Gasteiger charge is 2.25. The first-order chi connectivity index (χ1) is 13.1. The van der Waals surface area contributed by atoms with Gasteiger partial charge in [0.15, 0.2) is 0 Å². The number of pyridine rings is 1. The van der Waals surface area contributed by atoms with Crippen molar-refractivity contribution in [2.24, 2.45) is 0 Å². The molecule has 0 bridgehead atoms. The summed E-state index contributed by atoms with van der Waals surface area (Å²) in [6.07, 6.45) is 2.01. The van der Waals surface area contributed by atoms with Crippen LogP contribution in [-0.4, -0.2) is 29.9 Å². The number of rotatable bonds is 5. The smallest absolute Gasteiger partial charge is 0.274 e. The number of carbonyl (C=O) groups excluding carboxylic acids is 2. The van der Waals surface area contributed by atoms with Gasteiger partial charge in [0.25, 0.3) is 11.8 Å². The Bertz CT molecular complexity index is 1030. The third-order valence-electron chi connectivity index (χ3n) is 4.46. The van der Waals surface area contributed by atoms with Crippen molar-refractivity contribution in [3.05, 3.63) is 65.9 Å². The maximum Gasteiger partial charge on any atom is 0.274 e. The summed E-state index contributed by atoms with van der Waals surface area (Å²) in [5, 5.41) is 6.63. The molecule has 1 heterocycles. The Morgan fingerprint density at radius 3 is 2.63 bits per heavy atom. The zero-order chi connectivity index (χ0) is 18.8. The highest BCUT2D eigenvalue weighted by molar-refractivity contribution is 6.08. The molecule has 6 nitrogen and oxygen atoms in total. The number of benzene rings is 2. The zero-order valence-electron chi connectivity index (χ0n) is 14.9. The van der Waals surface area contributed by atoms with Crippen molar-refractivity contribution in [1.82, 2.24) is 10.3 Å². The number of para-hydroxylation sites is 1. The number of fused-ring (bicyclic) bond motifs is 1. The van der Waals surface area contributed by atoms with Gasteiger partial charge in [-0.05, 0) is 49.2 Å². The summed E-state index contributed by atoms with van der Waals surface area (Å²) in [6, 6.07) is 16.2. The van der Waals surface area contributed by atoms with Crippen LogP contribution in [-0.2, 0) is 0 Å². The van der Waals surface area contributed by atoms with Crippen molar-refractivity contribution in [2.45, 2.75) is 18.9 Å². The standard InChI is InChI=1S/C21H19N3O3/c1-27-15-9-11-17-13(12-15)6-10-19(23-17)21(26)24-18-5-3-2-4-16(18)20(25)22-14-7-8-14/h2-6,9-12,14H,7-8H2,1H3,(H,22,25)(H,24,26). The Balaban J connectivity index is 1.57. The lowest BCUT2D eigenvalue weighted by Gasteiger charge is -2.11. The Morgan fingerprint density at radius 1 is 1.04 bits per heavy atom. The van der Waals surface area contributed by atoms with E-state index in [9.17, 15) is 9.59 Å². The molecule has 0 saturated heterocycles. The van der Waals surface area contributed by atoms with Crippen LogP contribution in [0.2, 0.25) is 0 Å². The molecular weight excluding hydrogens is 342 g/mol. The van der Waals surface area contributed by atoms with Crippen LogP contribution in [0.3, 0.4) is 0 Å². The molecule has 1 aliphatic rings. The van der Waals surface area contributed by atoms with Gasteiger partial charge in [-0.1, -0.05) is 18.2 Å². The first kappa shape index (κ1) is 17.0. The number of nitrogens with one attached hydrogen (secondary N) is 2. The summed E-state index contributed by atoms with van der Waals surface area (Å²) in [7, 11) is 1.60. The highest BCUT2D eigenvalue weighted by atomic mass is 16.5. The van der Waals surface area contributed by atoms with Crippen LogP contribution in [0.1, 0.15) is 33.7 Å². The molecular formula is C21H19N3O3. The van der Waals surface area contributed by atoms with Crippen LogP contribution in [0.4, 0.5) is 5.69 Å². The van der Waals surface area contributed by atoms with Gasteiger partial charge in [-0.3, -0.25) is 9.59 Å². The molecule has 3 aromatic rings. The van der Waals surface area contributed by atoms with Crippen LogP contribution >= 0.6 is 0 Å². The molecule has 136 valence electrons. The lowest BCUT2D eigenvalue weighted by Crippen LogP contribution is -2.27. The van der Waals surface area contributed by atoms with E-state index in [1.165, 1.54) is 0 Å². The second-order valence-electron chi connectivity index (χ2n) is 6.50. The minimum Gasteiger partial charge on any atom is -0.497 e. The number of amides is 2. The summed E-state index contributed by atoms with van der Waals surface area (Å²) in [5.41, 5.74) is 1.90. The largest absolute Gasteiger partial charge is 0.497 e.